The van der Waals surface area contributed by atoms with Crippen molar-refractivity contribution in [2.45, 2.75) is 59.3 Å². The molecule has 432 valence electrons. The van der Waals surface area contributed by atoms with Crippen molar-refractivity contribution in [1.82, 2.24) is 4.57 Å². The number of aromatic nitrogens is 1. The second-order valence-corrected chi connectivity index (χ2v) is 25.7. The van der Waals surface area contributed by atoms with E-state index in [4.69, 9.17) is 4.42 Å². The molecule has 0 saturated heterocycles. The molecule has 3 nitrogen and oxygen atoms in total. The zero-order chi connectivity index (χ0) is 61.0. The van der Waals surface area contributed by atoms with Crippen molar-refractivity contribution in [2.75, 3.05) is 4.90 Å². The second-order valence-electron chi connectivity index (χ2n) is 25.7. The smallest absolute Gasteiger partial charge is 0.143 e. The largest absolute Gasteiger partial charge is 0.455 e. The van der Waals surface area contributed by atoms with Gasteiger partial charge in [-0.1, -0.05) is 234 Å². The van der Waals surface area contributed by atoms with Crippen LogP contribution in [-0.2, 0) is 10.8 Å². The van der Waals surface area contributed by atoms with Crippen LogP contribution in [0.5, 0.6) is 0 Å². The highest BCUT2D eigenvalue weighted by Crippen LogP contribution is 2.59. The van der Waals surface area contributed by atoms with Crippen molar-refractivity contribution in [3.05, 3.63) is 324 Å². The summed E-state index contributed by atoms with van der Waals surface area (Å²) in [6, 6.07) is 104. The number of benzene rings is 13. The first-order chi connectivity index (χ1) is 43.9. The molecule has 0 N–H and O–H groups in total. The summed E-state index contributed by atoms with van der Waals surface area (Å²) in [6.07, 6.45) is 0. The van der Waals surface area contributed by atoms with E-state index in [-0.39, 0.29) is 10.8 Å². The van der Waals surface area contributed by atoms with Crippen LogP contribution in [0.15, 0.2) is 290 Å². The van der Waals surface area contributed by atoms with Crippen molar-refractivity contribution >= 4 is 60.8 Å². The van der Waals surface area contributed by atoms with E-state index in [2.05, 4.69) is 331 Å². The Bertz CT molecular complexity index is 5210. The van der Waals surface area contributed by atoms with Crippen molar-refractivity contribution in [1.29, 1.82) is 0 Å². The molecule has 3 heteroatoms. The Labute approximate surface area is 527 Å². The molecular weight excluding hydrogens is 1090 g/mol. The van der Waals surface area contributed by atoms with E-state index in [0.29, 0.717) is 0 Å². The Kier molecular flexibility index (Phi) is 12.9. The number of aryl methyl sites for hydroxylation is 3. The van der Waals surface area contributed by atoms with Crippen LogP contribution in [-0.4, -0.2) is 4.57 Å². The van der Waals surface area contributed by atoms with Gasteiger partial charge >= 0.3 is 0 Å². The molecule has 0 spiro atoms. The fourth-order valence-electron chi connectivity index (χ4n) is 15.1. The lowest BCUT2D eigenvalue weighted by Gasteiger charge is -2.26. The van der Waals surface area contributed by atoms with Gasteiger partial charge in [-0.05, 0) is 200 Å². The molecule has 0 amide bonds. The maximum atomic E-state index is 6.48. The van der Waals surface area contributed by atoms with E-state index < -0.39 is 0 Å². The molecule has 15 aromatic rings. The number of rotatable bonds is 8. The van der Waals surface area contributed by atoms with Crippen molar-refractivity contribution in [2.24, 2.45) is 0 Å². The SMILES string of the molecule is Cc1cc(-n2c3ccccc3c3ccccc32)cc2c1-c1cc3c(cc1C2(C)C)-c1c(-c2ccc(N(c4ccc(-c5ccccc5)cc4)c4ccc(-c5cccc6c5oc5ccccc56)cc4)cc2)cccc1C3(C)C.Cc1ccccc1-c1ccccc1C. The minimum absolute atomic E-state index is 0.190. The predicted octanol–water partition coefficient (Wildman–Crippen LogP) is 24.0. The predicted molar refractivity (Wildman–Crippen MR) is 380 cm³/mol. The zero-order valence-corrected chi connectivity index (χ0v) is 51.9. The molecule has 0 fully saturated rings. The highest BCUT2D eigenvalue weighted by molar-refractivity contribution is 6.11. The highest BCUT2D eigenvalue weighted by atomic mass is 16.3. The summed E-state index contributed by atoms with van der Waals surface area (Å²) in [5.41, 5.74) is 33.1. The molecule has 2 heterocycles. The van der Waals surface area contributed by atoms with E-state index in [1.807, 2.05) is 12.1 Å². The fourth-order valence-corrected chi connectivity index (χ4v) is 15.1. The number of anilines is 3. The molecule has 90 heavy (non-hydrogen) atoms. The average Bonchev–Trinajstić information content (AvgIpc) is 1.54. The number of hydrogen-bond donors (Lipinski definition) is 0. The van der Waals surface area contributed by atoms with E-state index in [9.17, 15) is 0 Å². The van der Waals surface area contributed by atoms with Gasteiger partial charge < -0.3 is 13.9 Å². The first kappa shape index (κ1) is 54.6. The summed E-state index contributed by atoms with van der Waals surface area (Å²) in [5.74, 6) is 0. The van der Waals surface area contributed by atoms with Gasteiger partial charge in [0.2, 0.25) is 0 Å². The quantitative estimate of drug-likeness (QED) is 0.151. The normalized spacial score (nSPS) is 13.2. The molecule has 0 saturated carbocycles. The molecule has 0 atom stereocenters. The minimum atomic E-state index is -0.218. The molecule has 0 unspecified atom stereocenters. The van der Waals surface area contributed by atoms with Crippen molar-refractivity contribution in [3.63, 3.8) is 0 Å². The van der Waals surface area contributed by atoms with Gasteiger partial charge in [-0.25, -0.2) is 0 Å². The Hall–Kier alpha value is -10.7. The minimum Gasteiger partial charge on any atom is -0.455 e. The number of hydrogen-bond acceptors (Lipinski definition) is 2. The lowest BCUT2D eigenvalue weighted by molar-refractivity contribution is 0.651. The van der Waals surface area contributed by atoms with Crippen LogP contribution in [0.2, 0.25) is 0 Å². The first-order valence-electron chi connectivity index (χ1n) is 31.6. The standard InChI is InChI=1S/C73H54N2O.C14H14/c1-45-41-53(75-66-26-12-9-19-56(66)57-20-10-13-27-67(57)75)42-65-69(45)60-43-64-61(44-63(60)73(65,4)5)70-54(22-16-25-62(70)72(64,2)3)48-31-37-51(38-32-48)74(50-35-29-47(30-36-50)46-17-7-6-8-18-46)52-39-33-49(34-40-52)55-23-15-24-59-58-21-11-14-28-68(58)76-71(55)59;1-11-7-3-5-9-13(11)14-10-6-4-8-12(14)2/h6-44H,1-5H3;3-10H,1-2H3. The number of para-hydroxylation sites is 4. The lowest BCUT2D eigenvalue weighted by atomic mass is 9.79. The third kappa shape index (κ3) is 8.78. The van der Waals surface area contributed by atoms with Crippen LogP contribution in [0.4, 0.5) is 17.1 Å². The van der Waals surface area contributed by atoms with E-state index in [1.165, 1.54) is 122 Å². The number of fused-ring (bicyclic) bond motifs is 12. The van der Waals surface area contributed by atoms with Crippen LogP contribution >= 0.6 is 0 Å². The number of furan rings is 1. The van der Waals surface area contributed by atoms with Gasteiger partial charge in [-0.2, -0.15) is 0 Å². The Morgan fingerprint density at radius 1 is 0.300 bits per heavy atom. The highest BCUT2D eigenvalue weighted by Gasteiger charge is 2.43. The van der Waals surface area contributed by atoms with Crippen LogP contribution < -0.4 is 4.90 Å². The second kappa shape index (κ2) is 21.3. The van der Waals surface area contributed by atoms with E-state index in [1.54, 1.807) is 0 Å². The summed E-state index contributed by atoms with van der Waals surface area (Å²) in [5, 5.41) is 4.84. The third-order valence-corrected chi connectivity index (χ3v) is 19.7. The van der Waals surface area contributed by atoms with Gasteiger partial charge in [0.25, 0.3) is 0 Å². The van der Waals surface area contributed by atoms with Crippen LogP contribution in [0, 0.1) is 20.8 Å². The summed E-state index contributed by atoms with van der Waals surface area (Å²) in [6.45, 7) is 16.3. The third-order valence-electron chi connectivity index (χ3n) is 19.7. The maximum Gasteiger partial charge on any atom is 0.143 e. The molecule has 0 bridgehead atoms. The number of nitrogens with zero attached hydrogens (tertiary/aromatic N) is 2. The first-order valence-corrected chi connectivity index (χ1v) is 31.6. The van der Waals surface area contributed by atoms with E-state index >= 15 is 0 Å². The molecule has 0 radical (unpaired) electrons. The summed E-state index contributed by atoms with van der Waals surface area (Å²) < 4.78 is 8.95. The molecule has 0 aliphatic heterocycles. The van der Waals surface area contributed by atoms with Gasteiger partial charge in [-0.15, -0.1) is 0 Å². The topological polar surface area (TPSA) is 21.3 Å². The van der Waals surface area contributed by atoms with Gasteiger partial charge in [-0.3, -0.25) is 0 Å². The van der Waals surface area contributed by atoms with Gasteiger partial charge in [0.15, 0.2) is 0 Å². The monoisotopic (exact) mass is 1160 g/mol. The van der Waals surface area contributed by atoms with Gasteiger partial charge in [0, 0.05) is 60.7 Å². The van der Waals surface area contributed by atoms with Gasteiger partial charge in [0.1, 0.15) is 11.2 Å². The summed E-state index contributed by atoms with van der Waals surface area (Å²) in [7, 11) is 0. The summed E-state index contributed by atoms with van der Waals surface area (Å²) >= 11 is 0. The average molecular weight is 1160 g/mol. The maximum absolute atomic E-state index is 6.48. The lowest BCUT2D eigenvalue weighted by Crippen LogP contribution is -2.17. The summed E-state index contributed by atoms with van der Waals surface area (Å²) in [4.78, 5) is 2.37. The molecule has 2 aliphatic rings. The van der Waals surface area contributed by atoms with Crippen LogP contribution in [0.3, 0.4) is 0 Å². The molecule has 2 aromatic heterocycles. The van der Waals surface area contributed by atoms with Crippen LogP contribution in [0.25, 0.3) is 116 Å². The van der Waals surface area contributed by atoms with E-state index in [0.717, 1.165) is 50.1 Å². The molecule has 13 aromatic carbocycles. The molecule has 17 rings (SSSR count). The van der Waals surface area contributed by atoms with Crippen molar-refractivity contribution < 1.29 is 4.42 Å². The Morgan fingerprint density at radius 3 is 1.34 bits per heavy atom. The Balaban J connectivity index is 0.000000409. The Morgan fingerprint density at radius 2 is 0.744 bits per heavy atom. The molecular formula is C87H68N2O. The zero-order valence-electron chi connectivity index (χ0n) is 51.9. The fraction of sp³-hybridized carbons (Fsp3) is 0.103. The molecule has 2 aliphatic carbocycles. The van der Waals surface area contributed by atoms with Crippen LogP contribution in [0.1, 0.15) is 66.6 Å². The van der Waals surface area contributed by atoms with Gasteiger partial charge in [0.05, 0.1) is 11.0 Å². The van der Waals surface area contributed by atoms with Crippen molar-refractivity contribution in [3.8, 4) is 72.4 Å².